The second-order valence-electron chi connectivity index (χ2n) is 5.48. The van der Waals surface area contributed by atoms with E-state index in [1.54, 1.807) is 0 Å². The van der Waals surface area contributed by atoms with E-state index in [0.717, 1.165) is 39.1 Å². The van der Waals surface area contributed by atoms with Crippen molar-refractivity contribution in [3.8, 4) is 11.8 Å². The highest BCUT2D eigenvalue weighted by Crippen LogP contribution is 2.39. The van der Waals surface area contributed by atoms with Crippen LogP contribution in [0, 0.1) is 11.8 Å². The van der Waals surface area contributed by atoms with E-state index in [-0.39, 0.29) is 11.6 Å². The molecule has 1 aliphatic heterocycles. The van der Waals surface area contributed by atoms with E-state index in [9.17, 15) is 0 Å². The van der Waals surface area contributed by atoms with Crippen LogP contribution in [0.2, 0.25) is 0 Å². The minimum absolute atomic E-state index is 0.235. The standard InChI is InChI=1S/C15H26N2O/c1-2-3-4-7-14(16)15(8-5-6-9-15)17-10-12-18-13-11-17/h14H,4-13,16H2,1H3. The third kappa shape index (κ3) is 2.88. The van der Waals surface area contributed by atoms with Crippen molar-refractivity contribution in [2.45, 2.75) is 57.0 Å². The van der Waals surface area contributed by atoms with Crippen LogP contribution in [-0.2, 0) is 4.74 Å². The van der Waals surface area contributed by atoms with Crippen LogP contribution >= 0.6 is 0 Å². The molecule has 3 heteroatoms. The summed E-state index contributed by atoms with van der Waals surface area (Å²) in [6, 6.07) is 0.263. The zero-order chi connectivity index (χ0) is 12.8. The van der Waals surface area contributed by atoms with Crippen molar-refractivity contribution in [2.75, 3.05) is 26.3 Å². The van der Waals surface area contributed by atoms with Crippen molar-refractivity contribution >= 4 is 0 Å². The SMILES string of the molecule is CC#CCCC(N)C1(N2CCOCC2)CCCC1. The normalized spacial score (nSPS) is 25.4. The lowest BCUT2D eigenvalue weighted by atomic mass is 9.83. The van der Waals surface area contributed by atoms with Crippen LogP contribution in [0.25, 0.3) is 0 Å². The number of ether oxygens (including phenoxy) is 1. The molecule has 0 aromatic carbocycles. The minimum Gasteiger partial charge on any atom is -0.379 e. The smallest absolute Gasteiger partial charge is 0.0594 e. The Morgan fingerprint density at radius 2 is 1.94 bits per heavy atom. The highest BCUT2D eigenvalue weighted by molar-refractivity contribution is 5.05. The Hall–Kier alpha value is -0.560. The van der Waals surface area contributed by atoms with Crippen molar-refractivity contribution in [2.24, 2.45) is 5.73 Å². The van der Waals surface area contributed by atoms with E-state index in [2.05, 4.69) is 16.7 Å². The van der Waals surface area contributed by atoms with E-state index in [1.807, 2.05) is 6.92 Å². The average molecular weight is 250 g/mol. The fourth-order valence-corrected chi connectivity index (χ4v) is 3.54. The van der Waals surface area contributed by atoms with Crippen LogP contribution in [0.1, 0.15) is 45.4 Å². The summed E-state index contributed by atoms with van der Waals surface area (Å²) in [6.07, 6.45) is 7.12. The molecule has 0 amide bonds. The number of rotatable bonds is 4. The summed E-state index contributed by atoms with van der Waals surface area (Å²) in [5.41, 5.74) is 6.77. The largest absolute Gasteiger partial charge is 0.379 e. The summed E-state index contributed by atoms with van der Waals surface area (Å²) < 4.78 is 5.48. The molecule has 1 heterocycles. The van der Waals surface area contributed by atoms with E-state index in [1.165, 1.54) is 25.7 Å². The molecule has 102 valence electrons. The van der Waals surface area contributed by atoms with Gasteiger partial charge in [0.05, 0.1) is 13.2 Å². The molecule has 0 aromatic rings. The molecule has 0 bridgehead atoms. The first-order valence-corrected chi connectivity index (χ1v) is 7.27. The summed E-state index contributed by atoms with van der Waals surface area (Å²) in [6.45, 7) is 5.73. The third-order valence-electron chi connectivity index (χ3n) is 4.56. The van der Waals surface area contributed by atoms with Gasteiger partial charge in [0.15, 0.2) is 0 Å². The number of morpholine rings is 1. The summed E-state index contributed by atoms with van der Waals surface area (Å²) >= 11 is 0. The van der Waals surface area contributed by atoms with Crippen LogP contribution in [-0.4, -0.2) is 42.8 Å². The first kappa shape index (κ1) is 13.9. The zero-order valence-corrected chi connectivity index (χ0v) is 11.6. The van der Waals surface area contributed by atoms with Crippen LogP contribution in [0.15, 0.2) is 0 Å². The maximum absolute atomic E-state index is 6.54. The number of hydrogen-bond acceptors (Lipinski definition) is 3. The maximum Gasteiger partial charge on any atom is 0.0594 e. The molecule has 0 radical (unpaired) electrons. The first-order chi connectivity index (χ1) is 8.79. The lowest BCUT2D eigenvalue weighted by Crippen LogP contribution is -2.61. The van der Waals surface area contributed by atoms with E-state index < -0.39 is 0 Å². The Morgan fingerprint density at radius 3 is 2.56 bits per heavy atom. The molecule has 3 nitrogen and oxygen atoms in total. The molecule has 2 N–H and O–H groups in total. The highest BCUT2D eigenvalue weighted by atomic mass is 16.5. The summed E-state index contributed by atoms with van der Waals surface area (Å²) in [7, 11) is 0. The van der Waals surface area contributed by atoms with Gasteiger partial charge < -0.3 is 10.5 Å². The second-order valence-corrected chi connectivity index (χ2v) is 5.48. The molecular formula is C15H26N2O. The van der Waals surface area contributed by atoms with Gasteiger partial charge in [0.25, 0.3) is 0 Å². The van der Waals surface area contributed by atoms with Gasteiger partial charge in [-0.15, -0.1) is 11.8 Å². The predicted octanol–water partition coefficient (Wildman–Crippen LogP) is 1.76. The Bertz CT molecular complexity index is 306. The van der Waals surface area contributed by atoms with Gasteiger partial charge in [0, 0.05) is 31.1 Å². The Morgan fingerprint density at radius 1 is 1.28 bits per heavy atom. The molecule has 1 atom stereocenters. The number of hydrogen-bond donors (Lipinski definition) is 1. The van der Waals surface area contributed by atoms with E-state index in [4.69, 9.17) is 10.5 Å². The topological polar surface area (TPSA) is 38.5 Å². The van der Waals surface area contributed by atoms with Gasteiger partial charge in [0.1, 0.15) is 0 Å². The van der Waals surface area contributed by atoms with Crippen LogP contribution in [0.5, 0.6) is 0 Å². The van der Waals surface area contributed by atoms with Crippen molar-refractivity contribution < 1.29 is 4.74 Å². The van der Waals surface area contributed by atoms with Crippen LogP contribution in [0.4, 0.5) is 0 Å². The van der Waals surface area contributed by atoms with Gasteiger partial charge in [-0.25, -0.2) is 0 Å². The zero-order valence-electron chi connectivity index (χ0n) is 11.6. The van der Waals surface area contributed by atoms with Crippen molar-refractivity contribution in [1.82, 2.24) is 4.90 Å². The van der Waals surface area contributed by atoms with Gasteiger partial charge in [0.2, 0.25) is 0 Å². The number of nitrogens with two attached hydrogens (primary N) is 1. The molecule has 0 spiro atoms. The molecular weight excluding hydrogens is 224 g/mol. The molecule has 1 saturated heterocycles. The first-order valence-electron chi connectivity index (χ1n) is 7.27. The molecule has 2 fully saturated rings. The Kier molecular flexibility index (Phi) is 5.05. The highest BCUT2D eigenvalue weighted by Gasteiger charge is 2.44. The molecule has 1 unspecified atom stereocenters. The summed E-state index contributed by atoms with van der Waals surface area (Å²) in [5.74, 6) is 6.12. The quantitative estimate of drug-likeness (QED) is 0.773. The van der Waals surface area contributed by atoms with Crippen molar-refractivity contribution in [1.29, 1.82) is 0 Å². The summed E-state index contributed by atoms with van der Waals surface area (Å²) in [4.78, 5) is 2.60. The van der Waals surface area contributed by atoms with E-state index in [0.29, 0.717) is 0 Å². The maximum atomic E-state index is 6.54. The fraction of sp³-hybridized carbons (Fsp3) is 0.867. The van der Waals surface area contributed by atoms with Crippen LogP contribution < -0.4 is 5.73 Å². The van der Waals surface area contributed by atoms with E-state index >= 15 is 0 Å². The van der Waals surface area contributed by atoms with Crippen molar-refractivity contribution in [3.05, 3.63) is 0 Å². The second kappa shape index (κ2) is 6.56. The van der Waals surface area contributed by atoms with Gasteiger partial charge in [-0.2, -0.15) is 0 Å². The van der Waals surface area contributed by atoms with Crippen molar-refractivity contribution in [3.63, 3.8) is 0 Å². The fourth-order valence-electron chi connectivity index (χ4n) is 3.54. The molecule has 18 heavy (non-hydrogen) atoms. The molecule has 0 aromatic heterocycles. The average Bonchev–Trinajstić information content (AvgIpc) is 2.90. The predicted molar refractivity (Wildman–Crippen MR) is 74.3 cm³/mol. The van der Waals surface area contributed by atoms with Gasteiger partial charge in [-0.1, -0.05) is 12.8 Å². The van der Waals surface area contributed by atoms with Gasteiger partial charge in [-0.3, -0.25) is 4.90 Å². The molecule has 2 aliphatic rings. The van der Waals surface area contributed by atoms with Gasteiger partial charge in [-0.05, 0) is 26.2 Å². The third-order valence-corrected chi connectivity index (χ3v) is 4.56. The van der Waals surface area contributed by atoms with Gasteiger partial charge >= 0.3 is 0 Å². The number of nitrogens with zero attached hydrogens (tertiary/aromatic N) is 1. The molecule has 1 saturated carbocycles. The van der Waals surface area contributed by atoms with Crippen LogP contribution in [0.3, 0.4) is 0 Å². The Labute approximate surface area is 111 Å². The lowest BCUT2D eigenvalue weighted by Gasteiger charge is -2.47. The Balaban J connectivity index is 2.01. The molecule has 1 aliphatic carbocycles. The summed E-state index contributed by atoms with van der Waals surface area (Å²) in [5, 5.41) is 0. The minimum atomic E-state index is 0.235. The lowest BCUT2D eigenvalue weighted by molar-refractivity contribution is -0.0314. The monoisotopic (exact) mass is 250 g/mol. The molecule has 2 rings (SSSR count).